The van der Waals surface area contributed by atoms with Crippen molar-refractivity contribution in [2.45, 2.75) is 18.7 Å². The molecule has 31 heavy (non-hydrogen) atoms. The fourth-order valence-corrected chi connectivity index (χ4v) is 4.32. The highest BCUT2D eigenvalue weighted by Crippen LogP contribution is 2.30. The van der Waals surface area contributed by atoms with E-state index in [-0.39, 0.29) is 10.6 Å². The van der Waals surface area contributed by atoms with Crippen LogP contribution >= 0.6 is 11.6 Å². The summed E-state index contributed by atoms with van der Waals surface area (Å²) >= 11 is 6.11. The predicted octanol–water partition coefficient (Wildman–Crippen LogP) is 6.63. The predicted molar refractivity (Wildman–Crippen MR) is 126 cm³/mol. The van der Waals surface area contributed by atoms with Gasteiger partial charge in [0.15, 0.2) is 5.75 Å². The van der Waals surface area contributed by atoms with Crippen LogP contribution < -0.4 is 4.18 Å². The van der Waals surface area contributed by atoms with Gasteiger partial charge in [0, 0.05) is 16.8 Å². The highest BCUT2D eigenvalue weighted by atomic mass is 35.5. The number of benzene rings is 4. The van der Waals surface area contributed by atoms with Crippen LogP contribution in [0.5, 0.6) is 5.75 Å². The van der Waals surface area contributed by atoms with Crippen molar-refractivity contribution in [2.75, 3.05) is 0 Å². The van der Waals surface area contributed by atoms with E-state index < -0.39 is 10.1 Å². The van der Waals surface area contributed by atoms with E-state index >= 15 is 0 Å². The molecule has 4 rings (SSSR count). The minimum absolute atomic E-state index is 0.0971. The lowest BCUT2D eigenvalue weighted by molar-refractivity contribution is 0.486. The first-order valence-corrected chi connectivity index (χ1v) is 11.5. The molecular formula is C25H20ClNO3S. The summed E-state index contributed by atoms with van der Waals surface area (Å²) in [5.41, 5.74) is 3.20. The van der Waals surface area contributed by atoms with Crippen molar-refractivity contribution >= 4 is 44.4 Å². The zero-order valence-corrected chi connectivity index (χ0v) is 18.6. The highest BCUT2D eigenvalue weighted by molar-refractivity contribution is 7.87. The summed E-state index contributed by atoms with van der Waals surface area (Å²) in [6, 6.07) is 23.2. The van der Waals surface area contributed by atoms with Gasteiger partial charge >= 0.3 is 10.1 Å². The number of aryl methyl sites for hydroxylation is 2. The molecule has 4 aromatic carbocycles. The molecule has 0 unspecified atom stereocenters. The largest absolute Gasteiger partial charge is 0.378 e. The van der Waals surface area contributed by atoms with Crippen LogP contribution in [0, 0.1) is 13.8 Å². The van der Waals surface area contributed by atoms with Crippen LogP contribution in [-0.2, 0) is 10.1 Å². The molecule has 0 aliphatic heterocycles. The molecule has 0 fully saturated rings. The number of rotatable bonds is 5. The van der Waals surface area contributed by atoms with E-state index in [2.05, 4.69) is 4.99 Å². The Morgan fingerprint density at radius 2 is 1.65 bits per heavy atom. The number of fused-ring (bicyclic) bond motifs is 1. The molecule has 0 N–H and O–H groups in total. The topological polar surface area (TPSA) is 55.7 Å². The van der Waals surface area contributed by atoms with E-state index in [0.717, 1.165) is 21.9 Å². The van der Waals surface area contributed by atoms with Gasteiger partial charge in [0.2, 0.25) is 0 Å². The molecule has 0 spiro atoms. The standard InChI is InChI=1S/C25H20ClNO3S/c1-17-7-12-21(13-8-17)31(28,29)30-25-14-10-19-5-3-4-6-22(19)23(25)16-27-24-15-20(26)11-9-18(24)2/h3-16H,1-2H3. The third-order valence-electron chi connectivity index (χ3n) is 4.94. The molecule has 0 aliphatic rings. The minimum atomic E-state index is -4.00. The molecule has 6 heteroatoms. The van der Waals surface area contributed by atoms with Crippen molar-refractivity contribution in [3.8, 4) is 5.75 Å². The second kappa shape index (κ2) is 8.53. The Morgan fingerprint density at radius 3 is 2.42 bits per heavy atom. The van der Waals surface area contributed by atoms with E-state index in [1.807, 2.05) is 50.2 Å². The van der Waals surface area contributed by atoms with Crippen molar-refractivity contribution < 1.29 is 12.6 Å². The van der Waals surface area contributed by atoms with E-state index in [1.165, 1.54) is 12.1 Å². The number of aliphatic imine (C=N–C) groups is 1. The molecular weight excluding hydrogens is 430 g/mol. The first-order chi connectivity index (χ1) is 14.8. The van der Waals surface area contributed by atoms with E-state index in [1.54, 1.807) is 36.5 Å². The zero-order chi connectivity index (χ0) is 22.0. The van der Waals surface area contributed by atoms with Gasteiger partial charge in [-0.3, -0.25) is 4.99 Å². The van der Waals surface area contributed by atoms with Crippen molar-refractivity contribution in [3.05, 3.63) is 101 Å². The Morgan fingerprint density at radius 1 is 0.903 bits per heavy atom. The quantitative estimate of drug-likeness (QED) is 0.254. The monoisotopic (exact) mass is 449 g/mol. The summed E-state index contributed by atoms with van der Waals surface area (Å²) in [6.45, 7) is 3.83. The lowest BCUT2D eigenvalue weighted by Crippen LogP contribution is -2.11. The summed E-state index contributed by atoms with van der Waals surface area (Å²) in [7, 11) is -4.00. The average molecular weight is 450 g/mol. The third kappa shape index (κ3) is 4.63. The van der Waals surface area contributed by atoms with E-state index in [0.29, 0.717) is 16.3 Å². The van der Waals surface area contributed by atoms with Gasteiger partial charge < -0.3 is 4.18 Å². The van der Waals surface area contributed by atoms with Crippen LogP contribution in [0.15, 0.2) is 88.8 Å². The van der Waals surface area contributed by atoms with Crippen molar-refractivity contribution in [1.82, 2.24) is 0 Å². The van der Waals surface area contributed by atoms with E-state index in [9.17, 15) is 8.42 Å². The Hall–Kier alpha value is -3.15. The maximum atomic E-state index is 12.9. The van der Waals surface area contributed by atoms with Crippen LogP contribution in [0.4, 0.5) is 5.69 Å². The van der Waals surface area contributed by atoms with Crippen LogP contribution in [-0.4, -0.2) is 14.6 Å². The highest BCUT2D eigenvalue weighted by Gasteiger charge is 2.19. The fourth-order valence-electron chi connectivity index (χ4n) is 3.21. The first-order valence-electron chi connectivity index (χ1n) is 9.67. The van der Waals surface area contributed by atoms with Crippen LogP contribution in [0.2, 0.25) is 5.02 Å². The van der Waals surface area contributed by atoms with Gasteiger partial charge in [-0.25, -0.2) is 0 Å². The van der Waals surface area contributed by atoms with Crippen molar-refractivity contribution in [1.29, 1.82) is 0 Å². The van der Waals surface area contributed by atoms with Gasteiger partial charge in [-0.05, 0) is 60.5 Å². The second-order valence-electron chi connectivity index (χ2n) is 7.24. The average Bonchev–Trinajstić information content (AvgIpc) is 2.75. The number of nitrogens with zero attached hydrogens (tertiary/aromatic N) is 1. The maximum absolute atomic E-state index is 12.9. The minimum Gasteiger partial charge on any atom is -0.378 e. The van der Waals surface area contributed by atoms with Gasteiger partial charge in [-0.2, -0.15) is 8.42 Å². The Labute approximate surface area is 186 Å². The second-order valence-corrected chi connectivity index (χ2v) is 9.22. The summed E-state index contributed by atoms with van der Waals surface area (Å²) in [6.07, 6.45) is 1.63. The SMILES string of the molecule is Cc1ccc(S(=O)(=O)Oc2ccc3ccccc3c2C=Nc2cc(Cl)ccc2C)cc1. The number of halogens is 1. The maximum Gasteiger partial charge on any atom is 0.339 e. The molecule has 156 valence electrons. The normalized spacial score (nSPS) is 11.8. The van der Waals surface area contributed by atoms with Crippen molar-refractivity contribution in [2.24, 2.45) is 4.99 Å². The zero-order valence-electron chi connectivity index (χ0n) is 17.0. The molecule has 0 radical (unpaired) electrons. The molecule has 0 atom stereocenters. The van der Waals surface area contributed by atoms with Gasteiger partial charge in [0.25, 0.3) is 0 Å². The van der Waals surface area contributed by atoms with Crippen LogP contribution in [0.3, 0.4) is 0 Å². The van der Waals surface area contributed by atoms with Crippen LogP contribution in [0.25, 0.3) is 10.8 Å². The lowest BCUT2D eigenvalue weighted by atomic mass is 10.0. The Balaban J connectivity index is 1.81. The summed E-state index contributed by atoms with van der Waals surface area (Å²) in [5.74, 6) is 0.211. The summed E-state index contributed by atoms with van der Waals surface area (Å²) in [5, 5.41) is 2.36. The molecule has 0 saturated heterocycles. The molecule has 0 aromatic heterocycles. The molecule has 4 nitrogen and oxygen atoms in total. The van der Waals surface area contributed by atoms with Crippen molar-refractivity contribution in [3.63, 3.8) is 0 Å². The van der Waals surface area contributed by atoms with Gasteiger partial charge in [-0.1, -0.05) is 65.7 Å². The molecule has 0 aliphatic carbocycles. The fraction of sp³-hybridized carbons (Fsp3) is 0.0800. The number of hydrogen-bond donors (Lipinski definition) is 0. The summed E-state index contributed by atoms with van der Waals surface area (Å²) < 4.78 is 31.3. The molecule has 4 aromatic rings. The summed E-state index contributed by atoms with van der Waals surface area (Å²) in [4.78, 5) is 4.67. The molecule has 0 bridgehead atoms. The first kappa shape index (κ1) is 21.1. The molecule has 0 saturated carbocycles. The lowest BCUT2D eigenvalue weighted by Gasteiger charge is -2.12. The Kier molecular flexibility index (Phi) is 5.81. The molecule has 0 amide bonds. The third-order valence-corrected chi connectivity index (χ3v) is 6.43. The number of hydrogen-bond acceptors (Lipinski definition) is 4. The van der Waals surface area contributed by atoms with Crippen LogP contribution in [0.1, 0.15) is 16.7 Å². The van der Waals surface area contributed by atoms with E-state index in [4.69, 9.17) is 15.8 Å². The van der Waals surface area contributed by atoms with Gasteiger partial charge in [-0.15, -0.1) is 0 Å². The van der Waals surface area contributed by atoms with Gasteiger partial charge in [0.1, 0.15) is 4.90 Å². The molecule has 0 heterocycles. The smallest absolute Gasteiger partial charge is 0.339 e. The van der Waals surface area contributed by atoms with Gasteiger partial charge in [0.05, 0.1) is 5.69 Å². The Bertz CT molecular complexity index is 1390.